The van der Waals surface area contributed by atoms with Gasteiger partial charge >= 0.3 is 5.97 Å². The Morgan fingerprint density at radius 2 is 2.17 bits per heavy atom. The number of benzene rings is 1. The molecule has 0 spiro atoms. The van der Waals surface area contributed by atoms with Crippen LogP contribution in [-0.2, 0) is 0 Å². The van der Waals surface area contributed by atoms with Crippen molar-refractivity contribution in [2.45, 2.75) is 0 Å². The average molecular weight is 250 g/mol. The van der Waals surface area contributed by atoms with E-state index in [1.165, 1.54) is 12.3 Å². The van der Waals surface area contributed by atoms with Gasteiger partial charge in [-0.1, -0.05) is 0 Å². The fourth-order valence-corrected chi connectivity index (χ4v) is 1.27. The molecule has 92 valence electrons. The van der Waals surface area contributed by atoms with Crippen LogP contribution in [0.25, 0.3) is 0 Å². The van der Waals surface area contributed by atoms with Crippen LogP contribution in [0.15, 0.2) is 24.4 Å². The third-order valence-electron chi connectivity index (χ3n) is 2.10. The number of nitrogens with zero attached hydrogens (tertiary/aromatic N) is 2. The number of carbonyl (C=O) groups is 2. The lowest BCUT2D eigenvalue weighted by Crippen LogP contribution is -2.13. The summed E-state index contributed by atoms with van der Waals surface area (Å²) < 4.78 is 13.1. The summed E-state index contributed by atoms with van der Waals surface area (Å²) in [7, 11) is 0. The molecule has 3 N–H and O–H groups in total. The molecule has 8 heteroatoms. The maximum absolute atomic E-state index is 13.1. The quantitative estimate of drug-likeness (QED) is 0.749. The van der Waals surface area contributed by atoms with E-state index in [1.54, 1.807) is 0 Å². The number of hydrogen-bond acceptors (Lipinski definition) is 4. The fraction of sp³-hybridized carbons (Fsp3) is 0. The summed E-state index contributed by atoms with van der Waals surface area (Å²) in [5, 5.41) is 20.4. The molecule has 2 rings (SSSR count). The first-order valence-corrected chi connectivity index (χ1v) is 4.78. The van der Waals surface area contributed by atoms with Gasteiger partial charge in [-0.15, -0.1) is 0 Å². The number of halogens is 1. The van der Waals surface area contributed by atoms with E-state index in [0.29, 0.717) is 0 Å². The first kappa shape index (κ1) is 11.7. The molecule has 1 aromatic carbocycles. The second kappa shape index (κ2) is 4.62. The topological polar surface area (TPSA) is 108 Å². The van der Waals surface area contributed by atoms with Crippen molar-refractivity contribution in [2.75, 3.05) is 5.32 Å². The molecule has 0 radical (unpaired) electrons. The number of carboxylic acids is 1. The maximum Gasteiger partial charge on any atom is 0.338 e. The Bertz CT molecular complexity index is 597. The van der Waals surface area contributed by atoms with Crippen LogP contribution in [0.1, 0.15) is 20.8 Å². The molecular formula is C10H7FN4O3. The van der Waals surface area contributed by atoms with Gasteiger partial charge in [0.1, 0.15) is 5.82 Å². The van der Waals surface area contributed by atoms with Crippen molar-refractivity contribution in [2.24, 2.45) is 0 Å². The molecule has 0 saturated carbocycles. The smallest absolute Gasteiger partial charge is 0.338 e. The summed E-state index contributed by atoms with van der Waals surface area (Å²) in [6.07, 6.45) is 1.21. The molecule has 0 aliphatic rings. The molecule has 0 bridgehead atoms. The Kier molecular flexibility index (Phi) is 3.00. The van der Waals surface area contributed by atoms with Crippen LogP contribution in [0, 0.1) is 5.82 Å². The van der Waals surface area contributed by atoms with E-state index in [2.05, 4.69) is 20.7 Å². The third-order valence-corrected chi connectivity index (χ3v) is 2.10. The maximum atomic E-state index is 13.1. The first-order chi connectivity index (χ1) is 8.58. The molecule has 0 atom stereocenters. The Hall–Kier alpha value is -2.77. The number of aromatic amines is 1. The minimum absolute atomic E-state index is 0.0381. The molecular weight excluding hydrogens is 243 g/mol. The molecule has 0 aliphatic heterocycles. The van der Waals surface area contributed by atoms with Gasteiger partial charge in [0, 0.05) is 5.69 Å². The van der Waals surface area contributed by atoms with Gasteiger partial charge < -0.3 is 10.4 Å². The van der Waals surface area contributed by atoms with E-state index in [0.717, 1.165) is 12.1 Å². The number of amides is 1. The van der Waals surface area contributed by atoms with Crippen molar-refractivity contribution in [1.29, 1.82) is 0 Å². The highest BCUT2D eigenvalue weighted by Gasteiger charge is 2.13. The van der Waals surface area contributed by atoms with Crippen LogP contribution in [0.3, 0.4) is 0 Å². The normalized spacial score (nSPS) is 10.1. The van der Waals surface area contributed by atoms with Gasteiger partial charge in [0.05, 0.1) is 11.8 Å². The second-order valence-corrected chi connectivity index (χ2v) is 3.31. The third kappa shape index (κ3) is 2.32. The Morgan fingerprint density at radius 1 is 1.39 bits per heavy atom. The van der Waals surface area contributed by atoms with Crippen LogP contribution >= 0.6 is 0 Å². The van der Waals surface area contributed by atoms with E-state index in [-0.39, 0.29) is 11.4 Å². The summed E-state index contributed by atoms with van der Waals surface area (Å²) in [6, 6.07) is 3.23. The van der Waals surface area contributed by atoms with Gasteiger partial charge in [0.2, 0.25) is 0 Å². The molecule has 1 aromatic heterocycles. The fourth-order valence-electron chi connectivity index (χ4n) is 1.27. The molecule has 18 heavy (non-hydrogen) atoms. The zero-order valence-corrected chi connectivity index (χ0v) is 8.85. The summed E-state index contributed by atoms with van der Waals surface area (Å²) in [5.74, 6) is -2.86. The summed E-state index contributed by atoms with van der Waals surface area (Å²) >= 11 is 0. The highest BCUT2D eigenvalue weighted by atomic mass is 19.1. The van der Waals surface area contributed by atoms with E-state index in [4.69, 9.17) is 5.11 Å². The lowest BCUT2D eigenvalue weighted by Gasteiger charge is -2.04. The minimum atomic E-state index is -1.41. The van der Waals surface area contributed by atoms with Gasteiger partial charge in [-0.05, 0) is 18.2 Å². The molecule has 0 aliphatic carbocycles. The van der Waals surface area contributed by atoms with Crippen molar-refractivity contribution in [3.8, 4) is 0 Å². The Morgan fingerprint density at radius 3 is 2.78 bits per heavy atom. The Labute approximate surface area is 99.6 Å². The number of rotatable bonds is 3. The van der Waals surface area contributed by atoms with Crippen molar-refractivity contribution < 1.29 is 19.1 Å². The highest BCUT2D eigenvalue weighted by molar-refractivity contribution is 6.03. The van der Waals surface area contributed by atoms with Gasteiger partial charge in [0.25, 0.3) is 5.91 Å². The highest BCUT2D eigenvalue weighted by Crippen LogP contribution is 2.15. The van der Waals surface area contributed by atoms with Gasteiger partial charge in [0.15, 0.2) is 5.69 Å². The monoisotopic (exact) mass is 250 g/mol. The molecule has 1 heterocycles. The van der Waals surface area contributed by atoms with E-state index >= 15 is 0 Å². The van der Waals surface area contributed by atoms with Gasteiger partial charge in [-0.25, -0.2) is 9.18 Å². The molecule has 0 fully saturated rings. The SMILES string of the molecule is O=C(Nc1ccc(F)c(C(=O)O)c1)c1cn[nH]n1. The van der Waals surface area contributed by atoms with Gasteiger partial charge in [-0.2, -0.15) is 15.4 Å². The molecule has 0 unspecified atom stereocenters. The molecule has 7 nitrogen and oxygen atoms in total. The number of aromatic nitrogens is 3. The number of hydrogen-bond donors (Lipinski definition) is 3. The predicted molar refractivity (Wildman–Crippen MR) is 57.7 cm³/mol. The second-order valence-electron chi connectivity index (χ2n) is 3.31. The number of anilines is 1. The number of aromatic carboxylic acids is 1. The lowest BCUT2D eigenvalue weighted by molar-refractivity contribution is 0.0691. The van der Waals surface area contributed by atoms with Crippen molar-refractivity contribution in [1.82, 2.24) is 15.4 Å². The van der Waals surface area contributed by atoms with Crippen LogP contribution < -0.4 is 5.32 Å². The number of H-pyrrole nitrogens is 1. The zero-order chi connectivity index (χ0) is 13.1. The van der Waals surface area contributed by atoms with Crippen LogP contribution in [0.4, 0.5) is 10.1 Å². The van der Waals surface area contributed by atoms with Crippen molar-refractivity contribution >= 4 is 17.6 Å². The van der Waals surface area contributed by atoms with Gasteiger partial charge in [-0.3, -0.25) is 4.79 Å². The van der Waals surface area contributed by atoms with Crippen molar-refractivity contribution in [3.63, 3.8) is 0 Å². The van der Waals surface area contributed by atoms with Crippen LogP contribution in [0.5, 0.6) is 0 Å². The number of nitrogens with one attached hydrogen (secondary N) is 2. The zero-order valence-electron chi connectivity index (χ0n) is 8.85. The predicted octanol–water partition coefficient (Wildman–Crippen LogP) is 0.894. The van der Waals surface area contributed by atoms with Crippen molar-refractivity contribution in [3.05, 3.63) is 41.5 Å². The van der Waals surface area contributed by atoms with Crippen LogP contribution in [0.2, 0.25) is 0 Å². The summed E-state index contributed by atoms with van der Waals surface area (Å²) in [4.78, 5) is 22.3. The summed E-state index contributed by atoms with van der Waals surface area (Å²) in [5.41, 5.74) is -0.328. The van der Waals surface area contributed by atoms with E-state index in [9.17, 15) is 14.0 Å². The van der Waals surface area contributed by atoms with E-state index in [1.807, 2.05) is 0 Å². The molecule has 1 amide bonds. The number of carboxylic acid groups (broad SMARTS) is 1. The van der Waals surface area contributed by atoms with E-state index < -0.39 is 23.3 Å². The molecule has 2 aromatic rings. The number of carbonyl (C=O) groups excluding carboxylic acids is 1. The molecule has 0 saturated heterocycles. The average Bonchev–Trinajstić information content (AvgIpc) is 2.85. The standard InChI is InChI=1S/C10H7FN4O3/c11-7-2-1-5(3-6(7)10(17)18)13-9(16)8-4-12-15-14-8/h1-4H,(H,13,16)(H,17,18)(H,12,14,15). The van der Waals surface area contributed by atoms with Crippen LogP contribution in [-0.4, -0.2) is 32.4 Å². The minimum Gasteiger partial charge on any atom is -0.478 e. The first-order valence-electron chi connectivity index (χ1n) is 4.78. The largest absolute Gasteiger partial charge is 0.478 e. The summed E-state index contributed by atoms with van der Waals surface area (Å²) in [6.45, 7) is 0. The Balaban J connectivity index is 2.22. The lowest BCUT2D eigenvalue weighted by atomic mass is 10.2.